The lowest BCUT2D eigenvalue weighted by Crippen LogP contribution is -2.46. The van der Waals surface area contributed by atoms with Gasteiger partial charge in [0.25, 0.3) is 0 Å². The molecule has 0 bridgehead atoms. The molecule has 0 amide bonds. The standard InChI is InChI=1S/C13H25N/c1-6-13(11(3)4)8-9-14(7-2)12(5)10-13/h6,11-12H,1,7-10H2,2-5H3. The molecule has 0 radical (unpaired) electrons. The van der Waals surface area contributed by atoms with Crippen molar-refractivity contribution in [2.75, 3.05) is 13.1 Å². The molecule has 1 heteroatoms. The molecule has 82 valence electrons. The van der Waals surface area contributed by atoms with Crippen LogP contribution in [0.5, 0.6) is 0 Å². The van der Waals surface area contributed by atoms with Gasteiger partial charge in [-0.3, -0.25) is 0 Å². The second kappa shape index (κ2) is 4.48. The van der Waals surface area contributed by atoms with Gasteiger partial charge in [0, 0.05) is 6.04 Å². The molecule has 1 fully saturated rings. The van der Waals surface area contributed by atoms with Gasteiger partial charge in [0.15, 0.2) is 0 Å². The summed E-state index contributed by atoms with van der Waals surface area (Å²) < 4.78 is 0. The summed E-state index contributed by atoms with van der Waals surface area (Å²) in [6, 6.07) is 0.717. The molecule has 14 heavy (non-hydrogen) atoms. The molecule has 0 aliphatic carbocycles. The van der Waals surface area contributed by atoms with Gasteiger partial charge in [-0.15, -0.1) is 6.58 Å². The van der Waals surface area contributed by atoms with Crippen molar-refractivity contribution in [3.8, 4) is 0 Å². The quantitative estimate of drug-likeness (QED) is 0.624. The van der Waals surface area contributed by atoms with E-state index in [1.54, 1.807) is 0 Å². The summed E-state index contributed by atoms with van der Waals surface area (Å²) in [4.78, 5) is 2.57. The van der Waals surface area contributed by atoms with Crippen molar-refractivity contribution < 1.29 is 0 Å². The van der Waals surface area contributed by atoms with E-state index < -0.39 is 0 Å². The predicted octanol–water partition coefficient (Wildman–Crippen LogP) is 3.32. The van der Waals surface area contributed by atoms with E-state index in [4.69, 9.17) is 0 Å². The fraction of sp³-hybridized carbons (Fsp3) is 0.846. The number of nitrogens with zero attached hydrogens (tertiary/aromatic N) is 1. The SMILES string of the molecule is C=CC1(C(C)C)CCN(CC)C(C)C1. The third-order valence-corrected chi connectivity index (χ3v) is 4.13. The first-order chi connectivity index (χ1) is 6.55. The second-order valence-corrected chi connectivity index (χ2v) is 5.02. The minimum Gasteiger partial charge on any atom is -0.301 e. The highest BCUT2D eigenvalue weighted by atomic mass is 15.2. The van der Waals surface area contributed by atoms with Crippen LogP contribution < -0.4 is 0 Å². The first-order valence-corrected chi connectivity index (χ1v) is 5.93. The van der Waals surface area contributed by atoms with Crippen molar-refractivity contribution in [2.45, 2.75) is 46.6 Å². The van der Waals surface area contributed by atoms with E-state index in [1.807, 2.05) is 0 Å². The van der Waals surface area contributed by atoms with Crippen LogP contribution in [-0.4, -0.2) is 24.0 Å². The Morgan fingerprint density at radius 1 is 1.57 bits per heavy atom. The topological polar surface area (TPSA) is 3.24 Å². The van der Waals surface area contributed by atoms with Crippen molar-refractivity contribution >= 4 is 0 Å². The molecule has 0 saturated carbocycles. The Morgan fingerprint density at radius 2 is 2.21 bits per heavy atom. The number of allylic oxidation sites excluding steroid dienone is 1. The molecule has 0 aromatic carbocycles. The number of piperidine rings is 1. The average Bonchev–Trinajstić information content (AvgIpc) is 2.17. The zero-order valence-corrected chi connectivity index (χ0v) is 10.2. The van der Waals surface area contributed by atoms with Gasteiger partial charge in [-0.2, -0.15) is 0 Å². The summed E-state index contributed by atoms with van der Waals surface area (Å²) in [5.41, 5.74) is 0.394. The van der Waals surface area contributed by atoms with Gasteiger partial charge in [0.1, 0.15) is 0 Å². The van der Waals surface area contributed by atoms with E-state index in [1.165, 1.54) is 25.9 Å². The Bertz CT molecular complexity index is 197. The number of rotatable bonds is 3. The Kier molecular flexibility index (Phi) is 3.77. The Labute approximate surface area is 89.2 Å². The van der Waals surface area contributed by atoms with Crippen LogP contribution in [0.1, 0.15) is 40.5 Å². The van der Waals surface area contributed by atoms with E-state index >= 15 is 0 Å². The van der Waals surface area contributed by atoms with Crippen molar-refractivity contribution in [3.63, 3.8) is 0 Å². The molecule has 1 rings (SSSR count). The summed E-state index contributed by atoms with van der Waals surface area (Å²) >= 11 is 0. The van der Waals surface area contributed by atoms with Crippen LogP contribution >= 0.6 is 0 Å². The van der Waals surface area contributed by atoms with Crippen LogP contribution in [0.15, 0.2) is 12.7 Å². The maximum absolute atomic E-state index is 4.04. The molecule has 1 nitrogen and oxygen atoms in total. The molecule has 1 aliphatic heterocycles. The van der Waals surface area contributed by atoms with Gasteiger partial charge in [-0.05, 0) is 44.2 Å². The smallest absolute Gasteiger partial charge is 0.00751 e. The molecular formula is C13H25N. The number of hydrogen-bond acceptors (Lipinski definition) is 1. The lowest BCUT2D eigenvalue weighted by Gasteiger charge is -2.46. The molecule has 1 heterocycles. The first kappa shape index (κ1) is 11.8. The van der Waals surface area contributed by atoms with Crippen LogP contribution in [0.25, 0.3) is 0 Å². The normalized spacial score (nSPS) is 34.8. The lowest BCUT2D eigenvalue weighted by atomic mass is 9.68. The second-order valence-electron chi connectivity index (χ2n) is 5.02. The summed E-state index contributed by atoms with van der Waals surface area (Å²) in [5.74, 6) is 0.724. The summed E-state index contributed by atoms with van der Waals surface area (Å²) in [6.45, 7) is 15.7. The molecular weight excluding hydrogens is 170 g/mol. The monoisotopic (exact) mass is 195 g/mol. The summed E-state index contributed by atoms with van der Waals surface area (Å²) in [6.07, 6.45) is 4.77. The van der Waals surface area contributed by atoms with Crippen LogP contribution in [-0.2, 0) is 0 Å². The van der Waals surface area contributed by atoms with E-state index in [2.05, 4.69) is 45.2 Å². The molecule has 0 aromatic heterocycles. The molecule has 1 aliphatic rings. The van der Waals surface area contributed by atoms with E-state index in [0.29, 0.717) is 11.5 Å². The molecule has 2 atom stereocenters. The first-order valence-electron chi connectivity index (χ1n) is 5.93. The minimum atomic E-state index is 0.394. The maximum atomic E-state index is 4.04. The van der Waals surface area contributed by atoms with Gasteiger partial charge in [0.05, 0.1) is 0 Å². The van der Waals surface area contributed by atoms with Crippen molar-refractivity contribution in [2.24, 2.45) is 11.3 Å². The average molecular weight is 195 g/mol. The van der Waals surface area contributed by atoms with Gasteiger partial charge in [-0.1, -0.05) is 26.8 Å². The highest BCUT2D eigenvalue weighted by molar-refractivity contribution is 5.02. The number of likely N-dealkylation sites (tertiary alicyclic amines) is 1. The number of hydrogen-bond donors (Lipinski definition) is 0. The van der Waals surface area contributed by atoms with Gasteiger partial charge in [-0.25, -0.2) is 0 Å². The molecule has 0 N–H and O–H groups in total. The predicted molar refractivity (Wildman–Crippen MR) is 63.4 cm³/mol. The lowest BCUT2D eigenvalue weighted by molar-refractivity contribution is 0.0621. The van der Waals surface area contributed by atoms with Crippen LogP contribution in [0.2, 0.25) is 0 Å². The summed E-state index contributed by atoms with van der Waals surface area (Å²) in [5, 5.41) is 0. The molecule has 0 spiro atoms. The fourth-order valence-electron chi connectivity index (χ4n) is 2.77. The maximum Gasteiger partial charge on any atom is 0.00751 e. The Balaban J connectivity index is 2.72. The molecule has 2 unspecified atom stereocenters. The van der Waals surface area contributed by atoms with Crippen molar-refractivity contribution in [1.29, 1.82) is 0 Å². The van der Waals surface area contributed by atoms with E-state index in [0.717, 1.165) is 5.92 Å². The zero-order chi connectivity index (χ0) is 10.8. The third kappa shape index (κ3) is 2.03. The highest BCUT2D eigenvalue weighted by Crippen LogP contribution is 2.41. The minimum absolute atomic E-state index is 0.394. The van der Waals surface area contributed by atoms with E-state index in [9.17, 15) is 0 Å². The van der Waals surface area contributed by atoms with Crippen molar-refractivity contribution in [1.82, 2.24) is 4.90 Å². The van der Waals surface area contributed by atoms with Gasteiger partial charge >= 0.3 is 0 Å². The van der Waals surface area contributed by atoms with Gasteiger partial charge in [0.2, 0.25) is 0 Å². The third-order valence-electron chi connectivity index (χ3n) is 4.13. The van der Waals surface area contributed by atoms with Crippen LogP contribution in [0, 0.1) is 11.3 Å². The highest BCUT2D eigenvalue weighted by Gasteiger charge is 2.37. The molecule has 0 aromatic rings. The Hall–Kier alpha value is -0.300. The fourth-order valence-corrected chi connectivity index (χ4v) is 2.77. The van der Waals surface area contributed by atoms with Crippen LogP contribution in [0.3, 0.4) is 0 Å². The molecule has 1 saturated heterocycles. The van der Waals surface area contributed by atoms with E-state index in [-0.39, 0.29) is 0 Å². The Morgan fingerprint density at radius 3 is 2.57 bits per heavy atom. The van der Waals surface area contributed by atoms with Gasteiger partial charge < -0.3 is 4.90 Å². The van der Waals surface area contributed by atoms with Crippen molar-refractivity contribution in [3.05, 3.63) is 12.7 Å². The zero-order valence-electron chi connectivity index (χ0n) is 10.2. The summed E-state index contributed by atoms with van der Waals surface area (Å²) in [7, 11) is 0. The van der Waals surface area contributed by atoms with Crippen LogP contribution in [0.4, 0.5) is 0 Å². The largest absolute Gasteiger partial charge is 0.301 e.